The minimum atomic E-state index is -0.439. The molecule has 0 radical (unpaired) electrons. The molecule has 0 saturated heterocycles. The largest absolute Gasteiger partial charge is 0.351 e. The zero-order valence-corrected chi connectivity index (χ0v) is 6.97. The number of pyridine rings is 1. The first kappa shape index (κ1) is 7.79. The van der Waals surface area contributed by atoms with Gasteiger partial charge in [0.25, 0.3) is 0 Å². The Morgan fingerprint density at radius 3 is 3.23 bits per heavy atom. The van der Waals surface area contributed by atoms with Crippen LogP contribution >= 0.6 is 0 Å². The predicted octanol–water partition coefficient (Wildman–Crippen LogP) is 0.947. The van der Waals surface area contributed by atoms with E-state index in [2.05, 4.69) is 4.98 Å². The number of carbonyl (C=O) groups excluding carboxylic acids is 1. The molecule has 2 rings (SSSR count). The molecule has 2 heterocycles. The van der Waals surface area contributed by atoms with E-state index < -0.39 is 6.03 Å². The fourth-order valence-electron chi connectivity index (χ4n) is 1.28. The molecule has 0 atom stereocenters. The molecule has 2 amide bonds. The molecule has 4 heteroatoms. The number of fused-ring (bicyclic) bond motifs is 1. The van der Waals surface area contributed by atoms with Crippen molar-refractivity contribution >= 4 is 12.1 Å². The van der Waals surface area contributed by atoms with Gasteiger partial charge in [-0.1, -0.05) is 6.07 Å². The van der Waals surface area contributed by atoms with Crippen molar-refractivity contribution in [2.24, 2.45) is 5.73 Å². The molecular weight excluding hydrogens is 166 g/mol. The summed E-state index contributed by atoms with van der Waals surface area (Å²) in [7, 11) is 0. The summed E-state index contributed by atoms with van der Waals surface area (Å²) >= 11 is 0. The monoisotopic (exact) mass is 175 g/mol. The third-order valence-electron chi connectivity index (χ3n) is 1.96. The molecular formula is C9H9N3O. The first-order valence-electron chi connectivity index (χ1n) is 3.95. The van der Waals surface area contributed by atoms with Crippen molar-refractivity contribution in [3.05, 3.63) is 35.8 Å². The fourth-order valence-corrected chi connectivity index (χ4v) is 1.28. The van der Waals surface area contributed by atoms with Gasteiger partial charge in [0.2, 0.25) is 0 Å². The number of rotatable bonds is 0. The summed E-state index contributed by atoms with van der Waals surface area (Å²) in [5.41, 5.74) is 7.06. The Bertz CT molecular complexity index is 373. The topological polar surface area (TPSA) is 59.2 Å². The minimum Gasteiger partial charge on any atom is -0.351 e. The van der Waals surface area contributed by atoms with Gasteiger partial charge in [0.05, 0.1) is 12.2 Å². The van der Waals surface area contributed by atoms with E-state index in [4.69, 9.17) is 5.73 Å². The third kappa shape index (κ3) is 1.38. The van der Waals surface area contributed by atoms with Crippen LogP contribution in [0.5, 0.6) is 0 Å². The molecule has 0 aliphatic carbocycles. The Labute approximate surface area is 75.7 Å². The predicted molar refractivity (Wildman–Crippen MR) is 48.4 cm³/mol. The van der Waals surface area contributed by atoms with E-state index in [0.29, 0.717) is 6.54 Å². The molecule has 1 aromatic rings. The number of hydrogen-bond donors (Lipinski definition) is 1. The zero-order chi connectivity index (χ0) is 9.26. The van der Waals surface area contributed by atoms with Crippen molar-refractivity contribution in [2.75, 3.05) is 0 Å². The van der Waals surface area contributed by atoms with Crippen LogP contribution in [0.4, 0.5) is 4.79 Å². The van der Waals surface area contributed by atoms with Crippen LogP contribution in [0.3, 0.4) is 0 Å². The Morgan fingerprint density at radius 1 is 1.62 bits per heavy atom. The highest BCUT2D eigenvalue weighted by atomic mass is 16.2. The van der Waals surface area contributed by atoms with Crippen molar-refractivity contribution in [3.63, 3.8) is 0 Å². The average Bonchev–Trinajstić information content (AvgIpc) is 2.17. The molecule has 1 aromatic heterocycles. The van der Waals surface area contributed by atoms with Crippen LogP contribution in [0.1, 0.15) is 11.3 Å². The number of urea groups is 1. The minimum absolute atomic E-state index is 0.439. The summed E-state index contributed by atoms with van der Waals surface area (Å²) in [4.78, 5) is 16.4. The second-order valence-corrected chi connectivity index (χ2v) is 2.83. The molecule has 1 aliphatic heterocycles. The second-order valence-electron chi connectivity index (χ2n) is 2.83. The van der Waals surface area contributed by atoms with Crippen LogP contribution in [0.15, 0.2) is 24.5 Å². The molecule has 0 fully saturated rings. The smallest absolute Gasteiger partial charge is 0.319 e. The van der Waals surface area contributed by atoms with Gasteiger partial charge < -0.3 is 5.73 Å². The quantitative estimate of drug-likeness (QED) is 0.638. The molecule has 1 aliphatic rings. The van der Waals surface area contributed by atoms with Gasteiger partial charge in [-0.25, -0.2) is 4.79 Å². The van der Waals surface area contributed by atoms with E-state index in [1.54, 1.807) is 18.5 Å². The Balaban J connectivity index is 2.34. The highest BCUT2D eigenvalue weighted by molar-refractivity contribution is 5.75. The van der Waals surface area contributed by atoms with Gasteiger partial charge in [-0.15, -0.1) is 0 Å². The fraction of sp³-hybridized carbons (Fsp3) is 0.111. The average molecular weight is 175 g/mol. The lowest BCUT2D eigenvalue weighted by atomic mass is 10.1. The van der Waals surface area contributed by atoms with Crippen molar-refractivity contribution in [2.45, 2.75) is 6.54 Å². The lowest BCUT2D eigenvalue weighted by molar-refractivity contribution is 0.223. The highest BCUT2D eigenvalue weighted by Crippen LogP contribution is 2.16. The number of hydrogen-bond acceptors (Lipinski definition) is 2. The van der Waals surface area contributed by atoms with Crippen molar-refractivity contribution in [1.29, 1.82) is 0 Å². The molecule has 66 valence electrons. The van der Waals surface area contributed by atoms with E-state index in [-0.39, 0.29) is 0 Å². The van der Waals surface area contributed by atoms with Gasteiger partial charge in [-0.05, 0) is 17.7 Å². The molecule has 0 bridgehead atoms. The molecule has 0 aromatic carbocycles. The maximum atomic E-state index is 10.8. The summed E-state index contributed by atoms with van der Waals surface area (Å²) in [5, 5.41) is 0. The van der Waals surface area contributed by atoms with Crippen LogP contribution in [-0.4, -0.2) is 15.9 Å². The summed E-state index contributed by atoms with van der Waals surface area (Å²) < 4.78 is 0. The van der Waals surface area contributed by atoms with Crippen molar-refractivity contribution in [1.82, 2.24) is 9.88 Å². The number of nitrogens with zero attached hydrogens (tertiary/aromatic N) is 2. The Hall–Kier alpha value is -1.84. The molecule has 0 saturated carbocycles. The molecule has 4 nitrogen and oxygen atoms in total. The van der Waals surface area contributed by atoms with Crippen LogP contribution < -0.4 is 5.73 Å². The Kier molecular flexibility index (Phi) is 1.73. The SMILES string of the molecule is NC(=O)N1C=Cc2ncccc2C1. The van der Waals surface area contributed by atoms with Gasteiger partial charge in [0.15, 0.2) is 0 Å². The maximum absolute atomic E-state index is 10.8. The third-order valence-corrected chi connectivity index (χ3v) is 1.96. The van der Waals surface area contributed by atoms with Crippen LogP contribution in [0.2, 0.25) is 0 Å². The molecule has 2 N–H and O–H groups in total. The number of nitrogens with two attached hydrogens (primary N) is 1. The summed E-state index contributed by atoms with van der Waals surface area (Å²) in [6, 6.07) is 3.34. The van der Waals surface area contributed by atoms with Crippen molar-refractivity contribution < 1.29 is 4.79 Å². The van der Waals surface area contributed by atoms with Gasteiger partial charge in [0, 0.05) is 12.4 Å². The number of amides is 2. The first-order chi connectivity index (χ1) is 6.27. The molecule has 13 heavy (non-hydrogen) atoms. The second kappa shape index (κ2) is 2.90. The van der Waals surface area contributed by atoms with E-state index >= 15 is 0 Å². The standard InChI is InChI=1S/C9H9N3O/c10-9(13)12-5-3-8-7(6-12)2-1-4-11-8/h1-5H,6H2,(H2,10,13). The van der Waals surface area contributed by atoms with Crippen LogP contribution in [0, 0.1) is 0 Å². The zero-order valence-electron chi connectivity index (χ0n) is 6.97. The number of primary amides is 1. The molecule has 0 spiro atoms. The Morgan fingerprint density at radius 2 is 2.46 bits per heavy atom. The molecule has 0 unspecified atom stereocenters. The number of aromatic nitrogens is 1. The number of carbonyl (C=O) groups is 1. The maximum Gasteiger partial charge on any atom is 0.319 e. The summed E-state index contributed by atoms with van der Waals surface area (Å²) in [6.45, 7) is 0.509. The van der Waals surface area contributed by atoms with Crippen LogP contribution in [0.25, 0.3) is 6.08 Å². The van der Waals surface area contributed by atoms with E-state index in [9.17, 15) is 4.79 Å². The lowest BCUT2D eigenvalue weighted by Gasteiger charge is -2.20. The summed E-state index contributed by atoms with van der Waals surface area (Å²) in [6.07, 6.45) is 5.16. The van der Waals surface area contributed by atoms with Gasteiger partial charge >= 0.3 is 6.03 Å². The highest BCUT2D eigenvalue weighted by Gasteiger charge is 2.13. The normalized spacial score (nSPS) is 14.0. The lowest BCUT2D eigenvalue weighted by Crippen LogP contribution is -2.32. The first-order valence-corrected chi connectivity index (χ1v) is 3.95. The van der Waals surface area contributed by atoms with Crippen molar-refractivity contribution in [3.8, 4) is 0 Å². The van der Waals surface area contributed by atoms with Crippen LogP contribution in [-0.2, 0) is 6.54 Å². The van der Waals surface area contributed by atoms with Gasteiger partial charge in [-0.2, -0.15) is 0 Å². The van der Waals surface area contributed by atoms with E-state index in [1.807, 2.05) is 12.1 Å². The van der Waals surface area contributed by atoms with Gasteiger partial charge in [-0.3, -0.25) is 9.88 Å². The van der Waals surface area contributed by atoms with Gasteiger partial charge in [0.1, 0.15) is 0 Å². The van der Waals surface area contributed by atoms with E-state index in [0.717, 1.165) is 11.3 Å². The summed E-state index contributed by atoms with van der Waals surface area (Å²) in [5.74, 6) is 0. The van der Waals surface area contributed by atoms with E-state index in [1.165, 1.54) is 4.90 Å².